The number of aromatic nitrogens is 2. The van der Waals surface area contributed by atoms with E-state index in [1.54, 1.807) is 7.11 Å². The second kappa shape index (κ2) is 9.04. The number of ketones is 1. The van der Waals surface area contributed by atoms with Gasteiger partial charge in [-0.15, -0.1) is 0 Å². The van der Waals surface area contributed by atoms with E-state index < -0.39 is 5.92 Å². The van der Waals surface area contributed by atoms with Crippen molar-refractivity contribution < 1.29 is 9.53 Å². The molecule has 2 heterocycles. The van der Waals surface area contributed by atoms with Crippen molar-refractivity contribution >= 4 is 23.4 Å². The molecular formula is C28H29N3O3S. The Balaban J connectivity index is 1.62. The summed E-state index contributed by atoms with van der Waals surface area (Å²) in [5.74, 6) is 1.38. The van der Waals surface area contributed by atoms with Gasteiger partial charge in [-0.3, -0.25) is 9.59 Å². The maximum atomic E-state index is 13.5. The van der Waals surface area contributed by atoms with E-state index in [-0.39, 0.29) is 16.8 Å². The molecule has 0 bridgehead atoms. The first kappa shape index (κ1) is 23.4. The highest BCUT2D eigenvalue weighted by atomic mass is 32.2. The average Bonchev–Trinajstić information content (AvgIpc) is 2.81. The second-order valence-electron chi connectivity index (χ2n) is 9.98. The molecule has 0 fully saturated rings. The highest BCUT2D eigenvalue weighted by molar-refractivity contribution is 7.98. The Bertz CT molecular complexity index is 1410. The van der Waals surface area contributed by atoms with E-state index in [9.17, 15) is 9.59 Å². The Morgan fingerprint density at radius 3 is 2.60 bits per heavy atom. The maximum absolute atomic E-state index is 13.5. The Morgan fingerprint density at radius 2 is 1.83 bits per heavy atom. The summed E-state index contributed by atoms with van der Waals surface area (Å²) in [5.41, 5.74) is 4.74. The van der Waals surface area contributed by atoms with E-state index in [2.05, 4.69) is 43.2 Å². The number of H-pyrrole nitrogens is 1. The third-order valence-electron chi connectivity index (χ3n) is 6.78. The lowest BCUT2D eigenvalue weighted by Crippen LogP contribution is -2.37. The zero-order valence-corrected chi connectivity index (χ0v) is 21.2. The molecule has 180 valence electrons. The van der Waals surface area contributed by atoms with Crippen molar-refractivity contribution in [2.24, 2.45) is 5.41 Å². The van der Waals surface area contributed by atoms with Gasteiger partial charge in [0.25, 0.3) is 5.56 Å². The van der Waals surface area contributed by atoms with Crippen molar-refractivity contribution in [2.45, 2.75) is 50.4 Å². The first-order valence-corrected chi connectivity index (χ1v) is 12.7. The number of nitrogens with one attached hydrogen (secondary N) is 2. The van der Waals surface area contributed by atoms with E-state index >= 15 is 0 Å². The number of anilines is 1. The minimum atomic E-state index is -0.535. The molecule has 1 aromatic heterocycles. The summed E-state index contributed by atoms with van der Waals surface area (Å²) in [7, 11) is 1.61. The third kappa shape index (κ3) is 4.41. The SMILES string of the molecule is COc1ccccc1[C@H]1C2=C(CC(C)(C)CC2=O)Nc2nc(SCc3ccccc3C)[nH]c(=O)c21. The van der Waals surface area contributed by atoms with Crippen molar-refractivity contribution in [3.63, 3.8) is 0 Å². The van der Waals surface area contributed by atoms with Gasteiger partial charge >= 0.3 is 0 Å². The van der Waals surface area contributed by atoms with E-state index in [4.69, 9.17) is 9.72 Å². The number of fused-ring (bicyclic) bond motifs is 1. The van der Waals surface area contributed by atoms with Gasteiger partial charge in [-0.1, -0.05) is 68.1 Å². The van der Waals surface area contributed by atoms with E-state index in [0.29, 0.717) is 46.5 Å². The number of para-hydroxylation sites is 1. The topological polar surface area (TPSA) is 84.1 Å². The average molecular weight is 488 g/mol. The zero-order valence-electron chi connectivity index (χ0n) is 20.4. The molecule has 0 unspecified atom stereocenters. The monoisotopic (exact) mass is 487 g/mol. The van der Waals surface area contributed by atoms with Crippen molar-refractivity contribution in [1.82, 2.24) is 9.97 Å². The fraction of sp³-hybridized carbons (Fsp3) is 0.321. The van der Waals surface area contributed by atoms with Crippen LogP contribution in [0.5, 0.6) is 5.75 Å². The van der Waals surface area contributed by atoms with Crippen LogP contribution in [0.4, 0.5) is 5.82 Å². The van der Waals surface area contributed by atoms with Crippen molar-refractivity contribution in [3.05, 3.63) is 92.4 Å². The first-order chi connectivity index (χ1) is 16.8. The number of aryl methyl sites for hydroxylation is 1. The van der Waals surface area contributed by atoms with Gasteiger partial charge in [0, 0.05) is 29.0 Å². The van der Waals surface area contributed by atoms with Crippen LogP contribution in [0, 0.1) is 12.3 Å². The number of hydrogen-bond donors (Lipinski definition) is 2. The number of benzene rings is 2. The number of ether oxygens (including phenoxy) is 1. The van der Waals surface area contributed by atoms with Crippen LogP contribution in [0.15, 0.2) is 69.8 Å². The Kier molecular flexibility index (Phi) is 6.05. The lowest BCUT2D eigenvalue weighted by atomic mass is 9.69. The number of thioether (sulfide) groups is 1. The minimum Gasteiger partial charge on any atom is -0.496 e. The Morgan fingerprint density at radius 1 is 1.09 bits per heavy atom. The summed E-state index contributed by atoms with van der Waals surface area (Å²) < 4.78 is 5.64. The minimum absolute atomic E-state index is 0.0581. The summed E-state index contributed by atoms with van der Waals surface area (Å²) in [4.78, 5) is 34.8. The Labute approximate surface area is 209 Å². The fourth-order valence-electron chi connectivity index (χ4n) is 5.10. The standard InChI is InChI=1S/C28H29N3O3S/c1-16-9-5-6-10-17(16)15-35-27-30-25-24(26(33)31-27)22(18-11-7-8-12-21(18)34-4)23-19(29-25)13-28(2,3)14-20(23)32/h5-12,22H,13-15H2,1-4H3,(H2,29,30,31,33)/t22-/m0/s1. The van der Waals surface area contributed by atoms with Gasteiger partial charge in [0.1, 0.15) is 11.6 Å². The van der Waals surface area contributed by atoms with Gasteiger partial charge in [-0.2, -0.15) is 0 Å². The number of Topliss-reactive ketones (excluding diaryl/α,β-unsaturated/α-hetero) is 1. The van der Waals surface area contributed by atoms with Crippen LogP contribution in [-0.2, 0) is 10.5 Å². The number of nitrogens with zero attached hydrogens (tertiary/aromatic N) is 1. The molecule has 2 aromatic carbocycles. The molecule has 1 aliphatic carbocycles. The van der Waals surface area contributed by atoms with E-state index in [1.807, 2.05) is 36.4 Å². The molecule has 5 rings (SSSR count). The van der Waals surface area contributed by atoms with Crippen LogP contribution < -0.4 is 15.6 Å². The lowest BCUT2D eigenvalue weighted by molar-refractivity contribution is -0.118. The summed E-state index contributed by atoms with van der Waals surface area (Å²) in [6.07, 6.45) is 1.14. The Hall–Kier alpha value is -3.32. The molecule has 6 nitrogen and oxygen atoms in total. The molecule has 7 heteroatoms. The summed E-state index contributed by atoms with van der Waals surface area (Å²) in [5, 5.41) is 3.94. The van der Waals surface area contributed by atoms with E-state index in [1.165, 1.54) is 22.9 Å². The van der Waals surface area contributed by atoms with Gasteiger partial charge in [0.15, 0.2) is 10.9 Å². The number of rotatable bonds is 5. The number of carbonyl (C=O) groups excluding carboxylic acids is 1. The summed E-state index contributed by atoms with van der Waals surface area (Å²) in [6.45, 7) is 6.27. The molecule has 35 heavy (non-hydrogen) atoms. The summed E-state index contributed by atoms with van der Waals surface area (Å²) >= 11 is 1.49. The smallest absolute Gasteiger partial charge is 0.257 e. The quantitative estimate of drug-likeness (QED) is 0.361. The van der Waals surface area contributed by atoms with Crippen LogP contribution >= 0.6 is 11.8 Å². The van der Waals surface area contributed by atoms with Gasteiger partial charge < -0.3 is 15.0 Å². The molecule has 0 amide bonds. The van der Waals surface area contributed by atoms with Crippen LogP contribution in [0.3, 0.4) is 0 Å². The molecule has 3 aromatic rings. The van der Waals surface area contributed by atoms with Crippen LogP contribution in [0.2, 0.25) is 0 Å². The molecule has 0 spiro atoms. The molecule has 1 aliphatic heterocycles. The van der Waals surface area contributed by atoms with Gasteiger partial charge in [-0.05, 0) is 36.0 Å². The molecule has 2 N–H and O–H groups in total. The van der Waals surface area contributed by atoms with Gasteiger partial charge in [0.2, 0.25) is 0 Å². The highest BCUT2D eigenvalue weighted by Gasteiger charge is 2.43. The molecule has 1 atom stereocenters. The number of hydrogen-bond acceptors (Lipinski definition) is 6. The zero-order chi connectivity index (χ0) is 24.7. The largest absolute Gasteiger partial charge is 0.496 e. The lowest BCUT2D eigenvalue weighted by Gasteiger charge is -2.38. The first-order valence-electron chi connectivity index (χ1n) is 11.7. The molecule has 0 saturated carbocycles. The summed E-state index contributed by atoms with van der Waals surface area (Å²) in [6, 6.07) is 15.8. The number of methoxy groups -OCH3 is 1. The highest BCUT2D eigenvalue weighted by Crippen LogP contribution is 2.49. The molecule has 0 saturated heterocycles. The number of allylic oxidation sites excluding steroid dienone is 2. The molecule has 2 aliphatic rings. The van der Waals surface area contributed by atoms with Crippen LogP contribution in [0.25, 0.3) is 0 Å². The second-order valence-corrected chi connectivity index (χ2v) is 10.9. The van der Waals surface area contributed by atoms with Crippen molar-refractivity contribution in [3.8, 4) is 5.75 Å². The molecular weight excluding hydrogens is 458 g/mol. The predicted molar refractivity (Wildman–Crippen MR) is 139 cm³/mol. The van der Waals surface area contributed by atoms with Crippen molar-refractivity contribution in [2.75, 3.05) is 12.4 Å². The number of aromatic amines is 1. The van der Waals surface area contributed by atoms with E-state index in [0.717, 1.165) is 11.3 Å². The number of carbonyl (C=O) groups is 1. The van der Waals surface area contributed by atoms with Crippen LogP contribution in [0.1, 0.15) is 54.9 Å². The van der Waals surface area contributed by atoms with Gasteiger partial charge in [0.05, 0.1) is 18.6 Å². The normalized spacial score (nSPS) is 18.5. The van der Waals surface area contributed by atoms with Crippen molar-refractivity contribution in [1.29, 1.82) is 0 Å². The maximum Gasteiger partial charge on any atom is 0.257 e. The van der Waals surface area contributed by atoms with Gasteiger partial charge in [-0.25, -0.2) is 4.98 Å². The molecule has 0 radical (unpaired) electrons. The fourth-order valence-corrected chi connectivity index (χ4v) is 6.03. The van der Waals surface area contributed by atoms with Crippen LogP contribution in [-0.4, -0.2) is 22.9 Å². The third-order valence-corrected chi connectivity index (χ3v) is 7.70. The predicted octanol–water partition coefficient (Wildman–Crippen LogP) is 5.58.